The van der Waals surface area contributed by atoms with Crippen LogP contribution in [0.5, 0.6) is 0 Å². The molecule has 0 unspecified atom stereocenters. The molecule has 70 valence electrons. The standard InChI is InChI=1S/C7H5N.C2H4O.C2H6/c1-8-7-5-3-2-4-6-7;1-2-3;1-2/h2-6H;2H,1H3;1-2H3. The molecule has 1 aromatic carbocycles. The van der Waals surface area contributed by atoms with Gasteiger partial charge in [-0.25, -0.2) is 4.85 Å². The molecule has 1 aromatic rings. The monoisotopic (exact) mass is 177 g/mol. The van der Waals surface area contributed by atoms with Crippen LogP contribution in [0.4, 0.5) is 5.69 Å². The topological polar surface area (TPSA) is 21.4 Å². The summed E-state index contributed by atoms with van der Waals surface area (Å²) >= 11 is 0. The van der Waals surface area contributed by atoms with Crippen molar-refractivity contribution in [2.24, 2.45) is 0 Å². The van der Waals surface area contributed by atoms with Crippen molar-refractivity contribution in [2.75, 3.05) is 0 Å². The average molecular weight is 177 g/mol. The summed E-state index contributed by atoms with van der Waals surface area (Å²) in [5.74, 6) is 0. The molecule has 13 heavy (non-hydrogen) atoms. The highest BCUT2D eigenvalue weighted by molar-refractivity contribution is 5.44. The Morgan fingerprint density at radius 2 is 1.62 bits per heavy atom. The quantitative estimate of drug-likeness (QED) is 0.439. The summed E-state index contributed by atoms with van der Waals surface area (Å²) < 4.78 is 0. The minimum Gasteiger partial charge on any atom is -0.304 e. The average Bonchev–Trinajstić information content (AvgIpc) is 2.23. The van der Waals surface area contributed by atoms with Gasteiger partial charge in [-0.05, 0) is 6.92 Å². The Labute approximate surface area is 80.0 Å². The molecule has 0 fully saturated rings. The van der Waals surface area contributed by atoms with Crippen molar-refractivity contribution in [1.82, 2.24) is 0 Å². The highest BCUT2D eigenvalue weighted by Gasteiger charge is 1.79. The van der Waals surface area contributed by atoms with Crippen LogP contribution in [0.15, 0.2) is 30.3 Å². The first-order valence-electron chi connectivity index (χ1n) is 4.17. The zero-order valence-electron chi connectivity index (χ0n) is 8.32. The second-order valence-electron chi connectivity index (χ2n) is 1.68. The second-order valence-corrected chi connectivity index (χ2v) is 1.68. The van der Waals surface area contributed by atoms with E-state index in [9.17, 15) is 0 Å². The Morgan fingerprint density at radius 3 is 1.85 bits per heavy atom. The maximum absolute atomic E-state index is 8.81. The lowest BCUT2D eigenvalue weighted by Gasteiger charge is -1.80. The summed E-state index contributed by atoms with van der Waals surface area (Å²) in [6, 6.07) is 9.18. The first-order valence-corrected chi connectivity index (χ1v) is 4.17. The van der Waals surface area contributed by atoms with E-state index in [0.717, 1.165) is 6.29 Å². The molecule has 0 spiro atoms. The molecule has 0 aliphatic heterocycles. The SMILES string of the molecule is CC.CC=O.[C-]#[N+]c1ccccc1. The Bertz CT molecular complexity index is 236. The Kier molecular flexibility index (Phi) is 13.9. The Morgan fingerprint density at radius 1 is 1.23 bits per heavy atom. The molecule has 0 N–H and O–H groups in total. The van der Waals surface area contributed by atoms with Gasteiger partial charge in [-0.3, -0.25) is 0 Å². The molecule has 0 atom stereocenters. The molecule has 0 saturated heterocycles. The first-order chi connectivity index (χ1) is 6.35. The number of para-hydroxylation sites is 1. The molecule has 2 heteroatoms. The fraction of sp³-hybridized carbons (Fsp3) is 0.273. The second kappa shape index (κ2) is 13.0. The molecule has 0 bridgehead atoms. The summed E-state index contributed by atoms with van der Waals surface area (Å²) in [7, 11) is 0. The van der Waals surface area contributed by atoms with Gasteiger partial charge in [-0.15, -0.1) is 0 Å². The highest BCUT2D eigenvalue weighted by atomic mass is 16.1. The normalized spacial score (nSPS) is 6.31. The van der Waals surface area contributed by atoms with Crippen molar-refractivity contribution >= 4 is 12.0 Å². The first kappa shape index (κ1) is 13.9. The van der Waals surface area contributed by atoms with Crippen molar-refractivity contribution in [2.45, 2.75) is 20.8 Å². The smallest absolute Gasteiger partial charge is 0.187 e. The molecule has 0 aliphatic carbocycles. The number of hydrogen-bond acceptors (Lipinski definition) is 1. The minimum absolute atomic E-state index is 0.701. The van der Waals surface area contributed by atoms with Crippen molar-refractivity contribution in [3.05, 3.63) is 41.7 Å². The Balaban J connectivity index is 0. The number of nitrogens with zero attached hydrogens (tertiary/aromatic N) is 1. The van der Waals surface area contributed by atoms with E-state index in [0.29, 0.717) is 5.69 Å². The van der Waals surface area contributed by atoms with Crippen LogP contribution in [0.3, 0.4) is 0 Å². The lowest BCUT2D eigenvalue weighted by molar-refractivity contribution is -0.106. The van der Waals surface area contributed by atoms with E-state index in [-0.39, 0.29) is 0 Å². The maximum Gasteiger partial charge on any atom is 0.187 e. The van der Waals surface area contributed by atoms with Crippen LogP contribution in [0.2, 0.25) is 0 Å². The lowest BCUT2D eigenvalue weighted by atomic mass is 10.3. The molecule has 0 heterocycles. The summed E-state index contributed by atoms with van der Waals surface area (Å²) in [5, 5.41) is 0. The summed E-state index contributed by atoms with van der Waals surface area (Å²) in [4.78, 5) is 12.0. The fourth-order valence-corrected chi connectivity index (χ4v) is 0.503. The molecule has 0 amide bonds. The number of rotatable bonds is 0. The van der Waals surface area contributed by atoms with Crippen LogP contribution in [0.1, 0.15) is 20.8 Å². The molecule has 0 aromatic heterocycles. The predicted molar refractivity (Wildman–Crippen MR) is 55.8 cm³/mol. The van der Waals surface area contributed by atoms with Crippen molar-refractivity contribution in [3.63, 3.8) is 0 Å². The van der Waals surface area contributed by atoms with E-state index in [4.69, 9.17) is 11.4 Å². The van der Waals surface area contributed by atoms with E-state index in [1.165, 1.54) is 6.92 Å². The molecule has 0 aliphatic rings. The molecule has 0 saturated carbocycles. The zero-order chi connectivity index (χ0) is 10.5. The lowest BCUT2D eigenvalue weighted by Crippen LogP contribution is -1.54. The van der Waals surface area contributed by atoms with Crippen molar-refractivity contribution in [1.29, 1.82) is 0 Å². The van der Waals surface area contributed by atoms with E-state index in [1.807, 2.05) is 32.0 Å². The highest BCUT2D eigenvalue weighted by Crippen LogP contribution is 2.07. The van der Waals surface area contributed by atoms with Gasteiger partial charge < -0.3 is 4.79 Å². The van der Waals surface area contributed by atoms with E-state index in [1.54, 1.807) is 12.1 Å². The van der Waals surface area contributed by atoms with Gasteiger partial charge in [0.25, 0.3) is 0 Å². The summed E-state index contributed by atoms with van der Waals surface area (Å²) in [5.41, 5.74) is 0.701. The van der Waals surface area contributed by atoms with Crippen LogP contribution in [-0.2, 0) is 4.79 Å². The van der Waals surface area contributed by atoms with Gasteiger partial charge in [-0.2, -0.15) is 0 Å². The van der Waals surface area contributed by atoms with Gasteiger partial charge in [0.2, 0.25) is 0 Å². The largest absolute Gasteiger partial charge is 0.304 e. The van der Waals surface area contributed by atoms with E-state index >= 15 is 0 Å². The van der Waals surface area contributed by atoms with E-state index < -0.39 is 0 Å². The molecular formula is C11H15NO. The number of carbonyl (C=O) groups excluding carboxylic acids is 1. The third kappa shape index (κ3) is 10.4. The van der Waals surface area contributed by atoms with Gasteiger partial charge in [0.1, 0.15) is 6.29 Å². The van der Waals surface area contributed by atoms with Crippen LogP contribution in [-0.4, -0.2) is 6.29 Å². The third-order valence-corrected chi connectivity index (χ3v) is 0.885. The number of aldehydes is 1. The van der Waals surface area contributed by atoms with Crippen LogP contribution < -0.4 is 0 Å². The summed E-state index contributed by atoms with van der Waals surface area (Å²) in [6.07, 6.45) is 0.750. The maximum atomic E-state index is 8.81. The minimum atomic E-state index is 0.701. The number of benzene rings is 1. The van der Waals surface area contributed by atoms with Crippen LogP contribution >= 0.6 is 0 Å². The van der Waals surface area contributed by atoms with E-state index in [2.05, 4.69) is 4.85 Å². The van der Waals surface area contributed by atoms with Gasteiger partial charge in [0.15, 0.2) is 5.69 Å². The predicted octanol–water partition coefficient (Wildman–Crippen LogP) is 3.47. The van der Waals surface area contributed by atoms with Crippen molar-refractivity contribution < 1.29 is 4.79 Å². The molecular weight excluding hydrogens is 162 g/mol. The van der Waals surface area contributed by atoms with Gasteiger partial charge in [-0.1, -0.05) is 44.2 Å². The zero-order valence-corrected chi connectivity index (χ0v) is 8.32. The van der Waals surface area contributed by atoms with Crippen molar-refractivity contribution in [3.8, 4) is 0 Å². The molecule has 2 nitrogen and oxygen atoms in total. The van der Waals surface area contributed by atoms with Crippen LogP contribution in [0, 0.1) is 6.57 Å². The summed E-state index contributed by atoms with van der Waals surface area (Å²) in [6.45, 7) is 12.0. The van der Waals surface area contributed by atoms with Crippen LogP contribution in [0.25, 0.3) is 4.85 Å². The third-order valence-electron chi connectivity index (χ3n) is 0.885. The fourth-order valence-electron chi connectivity index (χ4n) is 0.503. The Hall–Kier alpha value is -1.62. The van der Waals surface area contributed by atoms with Gasteiger partial charge >= 0.3 is 0 Å². The number of carbonyl (C=O) groups is 1. The number of hydrogen-bond donors (Lipinski definition) is 0. The molecule has 1 rings (SSSR count). The van der Waals surface area contributed by atoms with Gasteiger partial charge in [0, 0.05) is 0 Å². The van der Waals surface area contributed by atoms with Gasteiger partial charge in [0.05, 0.1) is 6.57 Å². The molecule has 0 radical (unpaired) electrons.